The number of hydrogen-bond donors (Lipinski definition) is 0. The lowest BCUT2D eigenvalue weighted by molar-refractivity contribution is -0.127. The molecule has 0 aliphatic heterocycles. The summed E-state index contributed by atoms with van der Waals surface area (Å²) in [5.41, 5.74) is 6.09. The van der Waals surface area contributed by atoms with Gasteiger partial charge in [0.15, 0.2) is 4.47 Å². The Kier molecular flexibility index (Phi) is 4.90. The predicted molar refractivity (Wildman–Crippen MR) is 117 cm³/mol. The van der Waals surface area contributed by atoms with Gasteiger partial charge in [-0.3, -0.25) is 0 Å². The van der Waals surface area contributed by atoms with E-state index in [1.807, 2.05) is 35.8 Å². The van der Waals surface area contributed by atoms with Crippen LogP contribution in [0.1, 0.15) is 27.1 Å². The quantitative estimate of drug-likeness (QED) is 0.299. The van der Waals surface area contributed by atoms with Gasteiger partial charge < -0.3 is 4.57 Å². The first-order valence-corrected chi connectivity index (χ1v) is 10.9. The van der Waals surface area contributed by atoms with Crippen LogP contribution >= 0.6 is 22.9 Å². The van der Waals surface area contributed by atoms with Gasteiger partial charge in [0.25, 0.3) is 0 Å². The number of halogens is 4. The summed E-state index contributed by atoms with van der Waals surface area (Å²) in [6.07, 6.45) is 0.381. The summed E-state index contributed by atoms with van der Waals surface area (Å²) in [6, 6.07) is 9.48. The first-order valence-electron chi connectivity index (χ1n) is 9.72. The number of aryl methyl sites for hydroxylation is 1. The van der Waals surface area contributed by atoms with Gasteiger partial charge in [0.2, 0.25) is 0 Å². The van der Waals surface area contributed by atoms with Crippen molar-refractivity contribution in [3.05, 3.63) is 80.5 Å². The minimum Gasteiger partial charge on any atom is -0.326 e. The molecule has 0 unspecified atom stereocenters. The molecule has 0 atom stereocenters. The SMILES string of the molecule is Cc1cccc2c1Cc1c-2ccc(CC(F)(F)F)c1-c1nccn1Cc1cnc(Cl)s1. The maximum Gasteiger partial charge on any atom is 0.393 e. The normalized spacial score (nSPS) is 12.8. The summed E-state index contributed by atoms with van der Waals surface area (Å²) in [4.78, 5) is 9.46. The highest BCUT2D eigenvalue weighted by Crippen LogP contribution is 2.45. The average molecular weight is 460 g/mol. The number of hydrogen-bond acceptors (Lipinski definition) is 3. The lowest BCUT2D eigenvalue weighted by Crippen LogP contribution is -2.14. The van der Waals surface area contributed by atoms with Crippen LogP contribution in [0, 0.1) is 6.92 Å². The molecule has 2 aromatic heterocycles. The van der Waals surface area contributed by atoms with Crippen LogP contribution in [0.25, 0.3) is 22.5 Å². The third-order valence-corrected chi connectivity index (χ3v) is 6.73. The van der Waals surface area contributed by atoms with Crippen molar-refractivity contribution in [3.8, 4) is 22.5 Å². The minimum atomic E-state index is -4.31. The molecule has 0 spiro atoms. The highest BCUT2D eigenvalue weighted by molar-refractivity contribution is 7.15. The Morgan fingerprint density at radius 2 is 1.90 bits per heavy atom. The van der Waals surface area contributed by atoms with Gasteiger partial charge in [0.05, 0.1) is 13.0 Å². The Hall–Kier alpha value is -2.64. The molecule has 0 saturated heterocycles. The Balaban J connectivity index is 1.68. The monoisotopic (exact) mass is 459 g/mol. The molecule has 1 aliphatic rings. The third kappa shape index (κ3) is 3.77. The molecular formula is C23H17ClF3N3S. The molecule has 0 saturated carbocycles. The highest BCUT2D eigenvalue weighted by Gasteiger charge is 2.33. The van der Waals surface area contributed by atoms with Crippen LogP contribution in [0.3, 0.4) is 0 Å². The number of alkyl halides is 3. The molecule has 0 bridgehead atoms. The summed E-state index contributed by atoms with van der Waals surface area (Å²) in [6.45, 7) is 2.48. The Labute approximate surface area is 186 Å². The minimum absolute atomic E-state index is 0.242. The number of nitrogens with zero attached hydrogens (tertiary/aromatic N) is 3. The number of rotatable bonds is 4. The van der Waals surface area contributed by atoms with Crippen molar-refractivity contribution in [2.45, 2.75) is 32.5 Å². The zero-order valence-electron chi connectivity index (χ0n) is 16.5. The molecule has 0 radical (unpaired) electrons. The molecular weight excluding hydrogens is 443 g/mol. The number of aromatic nitrogens is 3. The standard InChI is InChI=1S/C23H17ClF3N3S/c1-13-3-2-4-16-17-6-5-14(10-23(25,26)27)20(19(17)9-18(13)16)21-28-7-8-30(21)12-15-11-29-22(24)31-15/h2-8,11H,9-10,12H2,1H3. The maximum atomic E-state index is 13.4. The fraction of sp³-hybridized carbons (Fsp3) is 0.217. The summed E-state index contributed by atoms with van der Waals surface area (Å²) >= 11 is 7.30. The largest absolute Gasteiger partial charge is 0.393 e. The topological polar surface area (TPSA) is 30.7 Å². The van der Waals surface area contributed by atoms with Gasteiger partial charge in [-0.2, -0.15) is 13.2 Å². The second-order valence-corrected chi connectivity index (χ2v) is 9.35. The van der Waals surface area contributed by atoms with Crippen molar-refractivity contribution in [2.24, 2.45) is 0 Å². The zero-order chi connectivity index (χ0) is 21.8. The van der Waals surface area contributed by atoms with E-state index in [4.69, 9.17) is 11.6 Å². The van der Waals surface area contributed by atoms with Gasteiger partial charge >= 0.3 is 6.18 Å². The van der Waals surface area contributed by atoms with E-state index in [9.17, 15) is 13.2 Å². The number of thiazole rings is 1. The Morgan fingerprint density at radius 3 is 2.65 bits per heavy atom. The summed E-state index contributed by atoms with van der Waals surface area (Å²) < 4.78 is 42.6. The molecule has 3 nitrogen and oxygen atoms in total. The molecule has 158 valence electrons. The Morgan fingerprint density at radius 1 is 1.10 bits per heavy atom. The van der Waals surface area contributed by atoms with Crippen molar-refractivity contribution in [1.82, 2.24) is 14.5 Å². The summed E-state index contributed by atoms with van der Waals surface area (Å²) in [5.74, 6) is 0.533. The van der Waals surface area contributed by atoms with E-state index in [0.717, 1.165) is 32.7 Å². The second kappa shape index (κ2) is 7.50. The third-order valence-electron chi connectivity index (χ3n) is 5.63. The molecule has 31 heavy (non-hydrogen) atoms. The molecule has 2 heterocycles. The van der Waals surface area contributed by atoms with Gasteiger partial charge in [-0.1, -0.05) is 41.9 Å². The Bertz CT molecular complexity index is 1290. The van der Waals surface area contributed by atoms with Crippen molar-refractivity contribution in [3.63, 3.8) is 0 Å². The smallest absolute Gasteiger partial charge is 0.326 e. The fourth-order valence-electron chi connectivity index (χ4n) is 4.33. The van der Waals surface area contributed by atoms with Crippen LogP contribution in [0.4, 0.5) is 13.2 Å². The van der Waals surface area contributed by atoms with E-state index < -0.39 is 12.6 Å². The molecule has 2 aromatic carbocycles. The second-order valence-electron chi connectivity index (χ2n) is 7.65. The maximum absolute atomic E-state index is 13.4. The van der Waals surface area contributed by atoms with E-state index in [-0.39, 0.29) is 5.56 Å². The van der Waals surface area contributed by atoms with Crippen LogP contribution in [0.2, 0.25) is 4.47 Å². The number of fused-ring (bicyclic) bond motifs is 3. The van der Waals surface area contributed by atoms with E-state index >= 15 is 0 Å². The molecule has 4 aromatic rings. The van der Waals surface area contributed by atoms with Crippen LogP contribution in [0.15, 0.2) is 48.9 Å². The van der Waals surface area contributed by atoms with Crippen molar-refractivity contribution < 1.29 is 13.2 Å². The van der Waals surface area contributed by atoms with Crippen molar-refractivity contribution in [2.75, 3.05) is 0 Å². The first kappa shape index (κ1) is 20.3. The van der Waals surface area contributed by atoms with E-state index in [1.54, 1.807) is 24.7 Å². The van der Waals surface area contributed by atoms with Crippen molar-refractivity contribution in [1.29, 1.82) is 0 Å². The zero-order valence-corrected chi connectivity index (χ0v) is 18.1. The van der Waals surface area contributed by atoms with E-state index in [2.05, 4.69) is 9.97 Å². The van der Waals surface area contributed by atoms with Crippen LogP contribution in [-0.4, -0.2) is 20.7 Å². The lowest BCUT2D eigenvalue weighted by Gasteiger charge is -2.17. The van der Waals surface area contributed by atoms with Gasteiger partial charge in [0.1, 0.15) is 5.82 Å². The van der Waals surface area contributed by atoms with Crippen molar-refractivity contribution >= 4 is 22.9 Å². The number of imidazole rings is 1. The molecule has 0 amide bonds. The molecule has 5 rings (SSSR count). The first-order chi connectivity index (χ1) is 14.8. The fourth-order valence-corrected chi connectivity index (χ4v) is 5.31. The van der Waals surface area contributed by atoms with Gasteiger partial charge in [-0.15, -0.1) is 11.3 Å². The average Bonchev–Trinajstić information content (AvgIpc) is 3.40. The summed E-state index contributed by atoms with van der Waals surface area (Å²) in [7, 11) is 0. The molecule has 0 fully saturated rings. The van der Waals surface area contributed by atoms with Gasteiger partial charge in [-0.05, 0) is 46.7 Å². The lowest BCUT2D eigenvalue weighted by atomic mass is 9.93. The van der Waals surface area contributed by atoms with Crippen LogP contribution in [0.5, 0.6) is 0 Å². The van der Waals surface area contributed by atoms with Gasteiger partial charge in [0, 0.05) is 29.0 Å². The number of benzene rings is 2. The van der Waals surface area contributed by atoms with E-state index in [1.165, 1.54) is 11.3 Å². The molecule has 8 heteroatoms. The molecule has 0 N–H and O–H groups in total. The molecule has 1 aliphatic carbocycles. The van der Waals surface area contributed by atoms with Gasteiger partial charge in [-0.25, -0.2) is 9.97 Å². The highest BCUT2D eigenvalue weighted by atomic mass is 35.5. The van der Waals surface area contributed by atoms with E-state index in [0.29, 0.717) is 28.8 Å². The van der Waals surface area contributed by atoms with Crippen LogP contribution < -0.4 is 0 Å². The summed E-state index contributed by atoms with van der Waals surface area (Å²) in [5, 5.41) is 0. The van der Waals surface area contributed by atoms with Crippen LogP contribution in [-0.2, 0) is 19.4 Å². The predicted octanol–water partition coefficient (Wildman–Crippen LogP) is 6.69.